The molecule has 0 heterocycles. The summed E-state index contributed by atoms with van der Waals surface area (Å²) in [6.07, 6.45) is 4.22. The van der Waals surface area contributed by atoms with Gasteiger partial charge in [0.05, 0.1) is 0 Å². The predicted octanol–water partition coefficient (Wildman–Crippen LogP) is 4.31. The van der Waals surface area contributed by atoms with E-state index in [-0.39, 0.29) is 11.8 Å². The van der Waals surface area contributed by atoms with E-state index in [1.165, 1.54) is 21.9 Å². The van der Waals surface area contributed by atoms with Gasteiger partial charge in [0.1, 0.15) is 0 Å². The standard InChI is InChI=1S/C18H21NO/c1-3-5-12(2)18(20)19-16-11-10-14-9-8-13-6-4-7-15(16)17(13)14/h4,6-7,10-12H,3,5,8-9H2,1-2H3,(H,19,20). The van der Waals surface area contributed by atoms with Crippen molar-refractivity contribution >= 4 is 22.4 Å². The molecule has 20 heavy (non-hydrogen) atoms. The number of hydrogen-bond acceptors (Lipinski definition) is 1. The van der Waals surface area contributed by atoms with Crippen molar-refractivity contribution in [2.45, 2.75) is 39.5 Å². The molecule has 0 bridgehead atoms. The maximum atomic E-state index is 12.2. The van der Waals surface area contributed by atoms with Crippen LogP contribution in [0.2, 0.25) is 0 Å². The topological polar surface area (TPSA) is 29.1 Å². The minimum atomic E-state index is 0.0723. The van der Waals surface area contributed by atoms with Crippen LogP contribution in [0, 0.1) is 5.92 Å². The van der Waals surface area contributed by atoms with Gasteiger partial charge in [-0.15, -0.1) is 0 Å². The molecule has 3 rings (SSSR count). The monoisotopic (exact) mass is 267 g/mol. The summed E-state index contributed by atoms with van der Waals surface area (Å²) in [5.41, 5.74) is 3.78. The molecule has 1 unspecified atom stereocenters. The van der Waals surface area contributed by atoms with Crippen molar-refractivity contribution in [3.63, 3.8) is 0 Å². The third-order valence-corrected chi connectivity index (χ3v) is 4.30. The molecule has 0 aliphatic heterocycles. The highest BCUT2D eigenvalue weighted by molar-refractivity contribution is 6.05. The molecule has 0 saturated heterocycles. The molecule has 1 amide bonds. The highest BCUT2D eigenvalue weighted by Crippen LogP contribution is 2.35. The molecule has 1 aliphatic carbocycles. The number of benzene rings is 2. The van der Waals surface area contributed by atoms with Gasteiger partial charge in [0.15, 0.2) is 0 Å². The summed E-state index contributed by atoms with van der Waals surface area (Å²) >= 11 is 0. The lowest BCUT2D eigenvalue weighted by Gasteiger charge is -2.14. The third kappa shape index (κ3) is 2.20. The summed E-state index contributed by atoms with van der Waals surface area (Å²) in [6.45, 7) is 4.11. The molecule has 2 nitrogen and oxygen atoms in total. The molecule has 0 spiro atoms. The first-order chi connectivity index (χ1) is 9.70. The smallest absolute Gasteiger partial charge is 0.227 e. The van der Waals surface area contributed by atoms with E-state index in [0.717, 1.165) is 31.4 Å². The second-order valence-corrected chi connectivity index (χ2v) is 5.79. The minimum absolute atomic E-state index is 0.0723. The van der Waals surface area contributed by atoms with Crippen LogP contribution in [0.4, 0.5) is 5.69 Å². The first-order valence-corrected chi connectivity index (χ1v) is 7.55. The molecule has 1 atom stereocenters. The van der Waals surface area contributed by atoms with Crippen molar-refractivity contribution in [3.05, 3.63) is 41.5 Å². The quantitative estimate of drug-likeness (QED) is 0.878. The van der Waals surface area contributed by atoms with E-state index in [1.807, 2.05) is 6.92 Å². The highest BCUT2D eigenvalue weighted by atomic mass is 16.1. The van der Waals surface area contributed by atoms with E-state index < -0.39 is 0 Å². The number of anilines is 1. The lowest BCUT2D eigenvalue weighted by atomic mass is 10.0. The molecule has 2 aromatic rings. The number of carbonyl (C=O) groups is 1. The zero-order valence-electron chi connectivity index (χ0n) is 12.2. The van der Waals surface area contributed by atoms with Gasteiger partial charge in [-0.25, -0.2) is 0 Å². The molecule has 0 saturated carbocycles. The van der Waals surface area contributed by atoms with Crippen LogP contribution in [0.5, 0.6) is 0 Å². The molecule has 0 aromatic heterocycles. The second kappa shape index (κ2) is 5.28. The van der Waals surface area contributed by atoms with Crippen LogP contribution in [-0.2, 0) is 17.6 Å². The molecular formula is C18H21NO. The Labute approximate surface area is 120 Å². The van der Waals surface area contributed by atoms with Crippen molar-refractivity contribution in [1.29, 1.82) is 0 Å². The van der Waals surface area contributed by atoms with Crippen LogP contribution < -0.4 is 5.32 Å². The molecule has 104 valence electrons. The first-order valence-electron chi connectivity index (χ1n) is 7.55. The van der Waals surface area contributed by atoms with Gasteiger partial charge in [0, 0.05) is 17.0 Å². The van der Waals surface area contributed by atoms with Crippen LogP contribution in [0.3, 0.4) is 0 Å². The lowest BCUT2D eigenvalue weighted by Crippen LogP contribution is -2.20. The van der Waals surface area contributed by atoms with Crippen molar-refractivity contribution in [2.75, 3.05) is 5.32 Å². The SMILES string of the molecule is CCCC(C)C(=O)Nc1ccc2c3c(cccc13)CC2. The Kier molecular flexibility index (Phi) is 3.47. The molecule has 2 aromatic carbocycles. The highest BCUT2D eigenvalue weighted by Gasteiger charge is 2.18. The van der Waals surface area contributed by atoms with Gasteiger partial charge in [-0.3, -0.25) is 4.79 Å². The molecular weight excluding hydrogens is 246 g/mol. The van der Waals surface area contributed by atoms with E-state index in [2.05, 4.69) is 42.6 Å². The first kappa shape index (κ1) is 13.2. The fourth-order valence-electron chi connectivity index (χ4n) is 3.18. The maximum Gasteiger partial charge on any atom is 0.227 e. The largest absolute Gasteiger partial charge is 0.325 e. The Balaban J connectivity index is 1.96. The zero-order valence-corrected chi connectivity index (χ0v) is 12.2. The third-order valence-electron chi connectivity index (χ3n) is 4.30. The summed E-state index contributed by atoms with van der Waals surface area (Å²) in [7, 11) is 0. The summed E-state index contributed by atoms with van der Waals surface area (Å²) in [5, 5.41) is 5.66. The number of nitrogens with one attached hydrogen (secondary N) is 1. The van der Waals surface area contributed by atoms with Gasteiger partial charge in [0.25, 0.3) is 0 Å². The molecule has 0 fully saturated rings. The van der Waals surface area contributed by atoms with Crippen molar-refractivity contribution in [3.8, 4) is 0 Å². The van der Waals surface area contributed by atoms with E-state index >= 15 is 0 Å². The van der Waals surface area contributed by atoms with Gasteiger partial charge in [-0.05, 0) is 41.8 Å². The maximum absolute atomic E-state index is 12.2. The van der Waals surface area contributed by atoms with Gasteiger partial charge < -0.3 is 5.32 Å². The fourth-order valence-corrected chi connectivity index (χ4v) is 3.18. The number of amides is 1. The Morgan fingerprint density at radius 3 is 2.70 bits per heavy atom. The number of aryl methyl sites for hydroxylation is 2. The van der Waals surface area contributed by atoms with E-state index in [4.69, 9.17) is 0 Å². The number of rotatable bonds is 4. The number of carbonyl (C=O) groups excluding carboxylic acids is 1. The summed E-state index contributed by atoms with van der Waals surface area (Å²) in [5.74, 6) is 0.202. The predicted molar refractivity (Wildman–Crippen MR) is 84.1 cm³/mol. The van der Waals surface area contributed by atoms with Gasteiger partial charge in [-0.1, -0.05) is 44.5 Å². The van der Waals surface area contributed by atoms with Crippen LogP contribution >= 0.6 is 0 Å². The van der Waals surface area contributed by atoms with Crippen LogP contribution in [0.25, 0.3) is 10.8 Å². The van der Waals surface area contributed by atoms with Crippen molar-refractivity contribution in [2.24, 2.45) is 5.92 Å². The van der Waals surface area contributed by atoms with Crippen LogP contribution in [0.1, 0.15) is 37.8 Å². The van der Waals surface area contributed by atoms with E-state index in [9.17, 15) is 4.79 Å². The van der Waals surface area contributed by atoms with Gasteiger partial charge >= 0.3 is 0 Å². The molecule has 1 aliphatic rings. The summed E-state index contributed by atoms with van der Waals surface area (Å²) < 4.78 is 0. The Bertz CT molecular complexity index is 650. The summed E-state index contributed by atoms with van der Waals surface area (Å²) in [6, 6.07) is 10.6. The average Bonchev–Trinajstić information content (AvgIpc) is 2.87. The van der Waals surface area contributed by atoms with Crippen LogP contribution in [-0.4, -0.2) is 5.91 Å². The Hall–Kier alpha value is -1.83. The van der Waals surface area contributed by atoms with Crippen molar-refractivity contribution in [1.82, 2.24) is 0 Å². The molecule has 0 radical (unpaired) electrons. The van der Waals surface area contributed by atoms with Crippen molar-refractivity contribution < 1.29 is 4.79 Å². The lowest BCUT2D eigenvalue weighted by molar-refractivity contribution is -0.119. The van der Waals surface area contributed by atoms with Gasteiger partial charge in [0.2, 0.25) is 5.91 Å². The van der Waals surface area contributed by atoms with Gasteiger partial charge in [-0.2, -0.15) is 0 Å². The summed E-state index contributed by atoms with van der Waals surface area (Å²) in [4.78, 5) is 12.2. The minimum Gasteiger partial charge on any atom is -0.325 e. The zero-order chi connectivity index (χ0) is 14.1. The normalized spacial score (nSPS) is 14.5. The Morgan fingerprint density at radius 1 is 1.20 bits per heavy atom. The number of hydrogen-bond donors (Lipinski definition) is 1. The van der Waals surface area contributed by atoms with E-state index in [0.29, 0.717) is 0 Å². The van der Waals surface area contributed by atoms with E-state index in [1.54, 1.807) is 0 Å². The Morgan fingerprint density at radius 2 is 1.95 bits per heavy atom. The average molecular weight is 267 g/mol. The van der Waals surface area contributed by atoms with Crippen LogP contribution in [0.15, 0.2) is 30.3 Å². The molecule has 1 N–H and O–H groups in total. The fraction of sp³-hybridized carbons (Fsp3) is 0.389. The second-order valence-electron chi connectivity index (χ2n) is 5.79. The molecule has 2 heteroatoms.